The Morgan fingerprint density at radius 2 is 1.87 bits per heavy atom. The summed E-state index contributed by atoms with van der Waals surface area (Å²) in [6.45, 7) is 1.67. The van der Waals surface area contributed by atoms with E-state index in [1.54, 1.807) is 6.92 Å². The van der Waals surface area contributed by atoms with E-state index in [2.05, 4.69) is 20.9 Å². The lowest BCUT2D eigenvalue weighted by molar-refractivity contribution is 0.615. The molecule has 0 saturated carbocycles. The van der Waals surface area contributed by atoms with Crippen LogP contribution in [0.5, 0.6) is 0 Å². The summed E-state index contributed by atoms with van der Waals surface area (Å²) in [5.41, 5.74) is 0.484. The van der Waals surface area contributed by atoms with Gasteiger partial charge in [-0.1, -0.05) is 11.6 Å². The van der Waals surface area contributed by atoms with Crippen LogP contribution in [-0.2, 0) is 0 Å². The number of hydrogen-bond donors (Lipinski definition) is 0. The minimum atomic E-state index is -0.580. The van der Waals surface area contributed by atoms with Crippen LogP contribution >= 0.6 is 27.5 Å². The Bertz CT molecular complexity index is 557. The topological polar surface area (TPSA) is 12.9 Å². The van der Waals surface area contributed by atoms with Crippen molar-refractivity contribution in [1.82, 2.24) is 4.98 Å². The van der Waals surface area contributed by atoms with Gasteiger partial charge in [0.15, 0.2) is 0 Å². The summed E-state index contributed by atoms with van der Waals surface area (Å²) < 4.78 is 27.3. The van der Waals surface area contributed by atoms with Crippen molar-refractivity contribution in [3.05, 3.63) is 39.0 Å². The number of fused-ring (bicyclic) bond motifs is 1. The number of benzene rings is 1. The molecule has 0 aliphatic rings. The maximum Gasteiger partial charge on any atom is 0.149 e. The zero-order valence-electron chi connectivity index (χ0n) is 7.61. The van der Waals surface area contributed by atoms with Crippen LogP contribution in [0, 0.1) is 18.6 Å². The third-order valence-electron chi connectivity index (χ3n) is 2.09. The van der Waals surface area contributed by atoms with Crippen LogP contribution in [-0.4, -0.2) is 4.98 Å². The highest BCUT2D eigenvalue weighted by molar-refractivity contribution is 9.10. The summed E-state index contributed by atoms with van der Waals surface area (Å²) in [5, 5.41) is 0.156. The van der Waals surface area contributed by atoms with Gasteiger partial charge < -0.3 is 0 Å². The Hall–Kier alpha value is -0.740. The number of aromatic nitrogens is 1. The Kier molecular flexibility index (Phi) is 2.64. The molecular formula is C10H5BrClF2N. The van der Waals surface area contributed by atoms with E-state index in [0.29, 0.717) is 10.2 Å². The van der Waals surface area contributed by atoms with Crippen LogP contribution in [0.25, 0.3) is 10.9 Å². The quantitative estimate of drug-likeness (QED) is 0.708. The Balaban J connectivity index is 3.04. The molecule has 0 atom stereocenters. The molecule has 78 valence electrons. The summed E-state index contributed by atoms with van der Waals surface area (Å²) in [6, 6.07) is 2.07. The summed E-state index contributed by atoms with van der Waals surface area (Å²) in [7, 11) is 0. The lowest BCUT2D eigenvalue weighted by Gasteiger charge is -2.07. The molecule has 0 saturated heterocycles. The van der Waals surface area contributed by atoms with Gasteiger partial charge in [0, 0.05) is 0 Å². The van der Waals surface area contributed by atoms with E-state index in [4.69, 9.17) is 11.6 Å². The van der Waals surface area contributed by atoms with Gasteiger partial charge in [0.1, 0.15) is 17.2 Å². The summed E-state index contributed by atoms with van der Waals surface area (Å²) in [5.74, 6) is -1.16. The van der Waals surface area contributed by atoms with Crippen molar-refractivity contribution >= 4 is 38.4 Å². The van der Waals surface area contributed by atoms with Crippen LogP contribution in [0.4, 0.5) is 8.78 Å². The van der Waals surface area contributed by atoms with Gasteiger partial charge in [-0.15, -0.1) is 0 Å². The smallest absolute Gasteiger partial charge is 0.149 e. The fraction of sp³-hybridized carbons (Fsp3) is 0.100. The lowest BCUT2D eigenvalue weighted by Crippen LogP contribution is -1.93. The molecule has 0 spiro atoms. The van der Waals surface area contributed by atoms with E-state index in [0.717, 1.165) is 12.1 Å². The van der Waals surface area contributed by atoms with Gasteiger partial charge in [-0.3, -0.25) is 0 Å². The molecule has 15 heavy (non-hydrogen) atoms. The van der Waals surface area contributed by atoms with E-state index in [1.807, 2.05) is 0 Å². The van der Waals surface area contributed by atoms with Crippen LogP contribution < -0.4 is 0 Å². The summed E-state index contributed by atoms with van der Waals surface area (Å²) >= 11 is 9.09. The van der Waals surface area contributed by atoms with Crippen LogP contribution in [0.1, 0.15) is 5.69 Å². The second-order valence-corrected chi connectivity index (χ2v) is 4.25. The Morgan fingerprint density at radius 1 is 1.27 bits per heavy atom. The normalized spacial score (nSPS) is 11.0. The van der Waals surface area contributed by atoms with E-state index in [1.165, 1.54) is 0 Å². The average Bonchev–Trinajstić information content (AvgIpc) is 2.20. The molecule has 0 radical (unpaired) electrons. The number of rotatable bonds is 0. The third-order valence-corrected chi connectivity index (χ3v) is 3.66. The molecule has 0 aliphatic heterocycles. The first-order valence-corrected chi connectivity index (χ1v) is 5.28. The Morgan fingerprint density at radius 3 is 2.53 bits per heavy atom. The van der Waals surface area contributed by atoms with Crippen molar-refractivity contribution in [2.24, 2.45) is 0 Å². The SMILES string of the molecule is Cc1nc2c(F)ccc(F)c2c(Cl)c1Br. The molecule has 2 aromatic rings. The van der Waals surface area contributed by atoms with Crippen molar-refractivity contribution in [1.29, 1.82) is 0 Å². The molecule has 0 amide bonds. The first-order chi connectivity index (χ1) is 7.02. The first kappa shape index (κ1) is 10.8. The van der Waals surface area contributed by atoms with Gasteiger partial charge in [0.2, 0.25) is 0 Å². The maximum atomic E-state index is 13.4. The number of halogens is 4. The molecule has 0 N–H and O–H groups in total. The van der Waals surface area contributed by atoms with E-state index >= 15 is 0 Å². The van der Waals surface area contributed by atoms with Gasteiger partial charge in [0.05, 0.1) is 20.6 Å². The fourth-order valence-electron chi connectivity index (χ4n) is 1.34. The number of aryl methyl sites for hydroxylation is 1. The van der Waals surface area contributed by atoms with Crippen molar-refractivity contribution in [3.8, 4) is 0 Å². The maximum absolute atomic E-state index is 13.4. The largest absolute Gasteiger partial charge is 0.249 e. The molecule has 1 nitrogen and oxygen atoms in total. The first-order valence-electron chi connectivity index (χ1n) is 4.11. The second-order valence-electron chi connectivity index (χ2n) is 3.08. The number of nitrogens with zero attached hydrogens (tertiary/aromatic N) is 1. The molecule has 0 aliphatic carbocycles. The molecule has 2 rings (SSSR count). The van der Waals surface area contributed by atoms with Crippen LogP contribution in [0.15, 0.2) is 16.6 Å². The zero-order valence-corrected chi connectivity index (χ0v) is 9.96. The Labute approximate surface area is 98.2 Å². The molecule has 0 bridgehead atoms. The molecule has 1 aromatic heterocycles. The standard InChI is InChI=1S/C10H5BrClF2N/c1-4-8(11)9(12)7-5(13)2-3-6(14)10(7)15-4/h2-3H,1H3. The summed E-state index contributed by atoms with van der Waals surface area (Å²) in [4.78, 5) is 3.95. The van der Waals surface area contributed by atoms with Gasteiger partial charge >= 0.3 is 0 Å². The monoisotopic (exact) mass is 291 g/mol. The third kappa shape index (κ3) is 1.62. The lowest BCUT2D eigenvalue weighted by atomic mass is 10.2. The molecule has 0 fully saturated rings. The van der Waals surface area contributed by atoms with Gasteiger partial charge in [-0.25, -0.2) is 13.8 Å². The van der Waals surface area contributed by atoms with Gasteiger partial charge in [-0.2, -0.15) is 0 Å². The zero-order chi connectivity index (χ0) is 11.2. The van der Waals surface area contributed by atoms with Gasteiger partial charge in [0.25, 0.3) is 0 Å². The second kappa shape index (κ2) is 3.68. The van der Waals surface area contributed by atoms with Crippen LogP contribution in [0.3, 0.4) is 0 Å². The molecule has 0 unspecified atom stereocenters. The van der Waals surface area contributed by atoms with Crippen molar-refractivity contribution < 1.29 is 8.78 Å². The molecule has 1 heterocycles. The van der Waals surface area contributed by atoms with E-state index in [9.17, 15) is 8.78 Å². The minimum absolute atomic E-state index is 0.00846. The average molecular weight is 293 g/mol. The summed E-state index contributed by atoms with van der Waals surface area (Å²) in [6.07, 6.45) is 0. The molecule has 5 heteroatoms. The predicted molar refractivity (Wildman–Crippen MR) is 59.1 cm³/mol. The fourth-order valence-corrected chi connectivity index (χ4v) is 1.95. The van der Waals surface area contributed by atoms with Gasteiger partial charge in [-0.05, 0) is 35.0 Å². The van der Waals surface area contributed by atoms with Crippen molar-refractivity contribution in [2.45, 2.75) is 6.92 Å². The minimum Gasteiger partial charge on any atom is -0.249 e. The van der Waals surface area contributed by atoms with E-state index in [-0.39, 0.29) is 15.9 Å². The van der Waals surface area contributed by atoms with E-state index < -0.39 is 11.6 Å². The highest BCUT2D eigenvalue weighted by Gasteiger charge is 2.15. The number of pyridine rings is 1. The highest BCUT2D eigenvalue weighted by Crippen LogP contribution is 2.34. The van der Waals surface area contributed by atoms with Crippen molar-refractivity contribution in [3.63, 3.8) is 0 Å². The predicted octanol–water partition coefficient (Wildman–Crippen LogP) is 4.24. The highest BCUT2D eigenvalue weighted by atomic mass is 79.9. The molecule has 1 aromatic carbocycles. The number of hydrogen-bond acceptors (Lipinski definition) is 1. The van der Waals surface area contributed by atoms with Crippen LogP contribution in [0.2, 0.25) is 5.02 Å². The molecular weight excluding hydrogens is 287 g/mol. The van der Waals surface area contributed by atoms with Crippen molar-refractivity contribution in [2.75, 3.05) is 0 Å².